The van der Waals surface area contributed by atoms with Gasteiger partial charge < -0.3 is 24.1 Å². The Kier molecular flexibility index (Phi) is 10.6. The van der Waals surface area contributed by atoms with Crippen molar-refractivity contribution < 1.29 is 28.9 Å². The Morgan fingerprint density at radius 1 is 1.11 bits per heavy atom. The van der Waals surface area contributed by atoms with Gasteiger partial charge in [0.15, 0.2) is 14.6 Å². The summed E-state index contributed by atoms with van der Waals surface area (Å²) in [5, 5.41) is 22.4. The van der Waals surface area contributed by atoms with E-state index in [2.05, 4.69) is 71.2 Å². The number of aliphatic hydroxyl groups is 2. The van der Waals surface area contributed by atoms with Crippen LogP contribution in [0.5, 0.6) is 0 Å². The highest BCUT2D eigenvalue weighted by molar-refractivity contribution is 6.91. The second kappa shape index (κ2) is 12.7. The Hall–Kier alpha value is -0.876. The van der Waals surface area contributed by atoms with Crippen LogP contribution in [0.2, 0.25) is 36.8 Å². The van der Waals surface area contributed by atoms with Gasteiger partial charge in [0.05, 0.1) is 26.2 Å². The lowest BCUT2D eigenvalue weighted by Crippen LogP contribution is -2.52. The van der Waals surface area contributed by atoms with Crippen LogP contribution >= 0.6 is 0 Å². The summed E-state index contributed by atoms with van der Waals surface area (Å²) < 4.78 is 19.1. The van der Waals surface area contributed by atoms with E-state index in [4.69, 9.17) is 13.9 Å². The number of aliphatic hydroxyl groups excluding tert-OH is 2. The van der Waals surface area contributed by atoms with E-state index in [0.717, 1.165) is 19.3 Å². The van der Waals surface area contributed by atoms with Crippen LogP contribution in [0.3, 0.4) is 0 Å². The molecule has 1 heterocycles. The molecule has 2 unspecified atom stereocenters. The third kappa shape index (κ3) is 6.88. The number of benzene rings is 1. The maximum atomic E-state index is 13.9. The summed E-state index contributed by atoms with van der Waals surface area (Å²) in [7, 11) is -4.20. The molecule has 3 rings (SSSR count). The van der Waals surface area contributed by atoms with Crippen molar-refractivity contribution in [1.29, 1.82) is 0 Å². The van der Waals surface area contributed by atoms with Gasteiger partial charge >= 0.3 is 0 Å². The van der Waals surface area contributed by atoms with Gasteiger partial charge in [0.2, 0.25) is 0 Å². The standard InChI is InChI=1S/C30H52O6Si2/c1-29(2,3)38(6,7)35-21-25-26(36-28-15-11-12-18-34-28)19-27(33)30(25,22-32)20-24(16-17-31)37(4,5)23-13-9-8-10-14-23/h8-10,13-14,24-26,28,31-32H,11-12,15-22H2,1-7H3/t24?,25-,26+,28?,30-/m1/s1. The van der Waals surface area contributed by atoms with Crippen LogP contribution in [0.4, 0.5) is 0 Å². The molecular weight excluding hydrogens is 512 g/mol. The summed E-state index contributed by atoms with van der Waals surface area (Å²) in [4.78, 5) is 13.9. The van der Waals surface area contributed by atoms with E-state index in [1.165, 1.54) is 5.19 Å². The minimum atomic E-state index is -2.11. The zero-order valence-electron chi connectivity index (χ0n) is 24.8. The van der Waals surface area contributed by atoms with Crippen LogP contribution in [0.25, 0.3) is 0 Å². The highest BCUT2D eigenvalue weighted by Crippen LogP contribution is 2.51. The average Bonchev–Trinajstić information content (AvgIpc) is 3.13. The number of ketones is 1. The second-order valence-electron chi connectivity index (χ2n) is 13.6. The first-order valence-electron chi connectivity index (χ1n) is 14.5. The highest BCUT2D eigenvalue weighted by atomic mass is 28.4. The molecule has 1 saturated heterocycles. The first-order chi connectivity index (χ1) is 17.8. The zero-order chi connectivity index (χ0) is 28.2. The summed E-state index contributed by atoms with van der Waals surface area (Å²) in [6.45, 7) is 16.6. The fourth-order valence-corrected chi connectivity index (χ4v) is 10.3. The molecule has 0 radical (unpaired) electrons. The van der Waals surface area contributed by atoms with Gasteiger partial charge in [0, 0.05) is 32.2 Å². The van der Waals surface area contributed by atoms with Crippen LogP contribution in [0.15, 0.2) is 30.3 Å². The van der Waals surface area contributed by atoms with Gasteiger partial charge in [-0.2, -0.15) is 0 Å². The first kappa shape index (κ1) is 31.6. The first-order valence-corrected chi connectivity index (χ1v) is 20.5. The fourth-order valence-electron chi connectivity index (χ4n) is 5.98. The van der Waals surface area contributed by atoms with E-state index in [1.54, 1.807) is 0 Å². The minimum absolute atomic E-state index is 0.0297. The lowest BCUT2D eigenvalue weighted by atomic mass is 9.73. The molecule has 8 heteroatoms. The van der Waals surface area contributed by atoms with Gasteiger partial charge in [-0.15, -0.1) is 0 Å². The van der Waals surface area contributed by atoms with Gasteiger partial charge in [-0.05, 0) is 55.8 Å². The van der Waals surface area contributed by atoms with Crippen molar-refractivity contribution in [2.75, 3.05) is 26.4 Å². The molecule has 5 atom stereocenters. The summed E-state index contributed by atoms with van der Waals surface area (Å²) >= 11 is 0. The van der Waals surface area contributed by atoms with E-state index in [9.17, 15) is 15.0 Å². The van der Waals surface area contributed by atoms with Crippen LogP contribution < -0.4 is 5.19 Å². The van der Waals surface area contributed by atoms with Gasteiger partial charge in [-0.1, -0.05) is 69.4 Å². The third-order valence-corrected chi connectivity index (χ3v) is 18.8. The van der Waals surface area contributed by atoms with Crippen molar-refractivity contribution in [3.8, 4) is 0 Å². The molecule has 0 spiro atoms. The molecular formula is C30H52O6Si2. The van der Waals surface area contributed by atoms with Crippen LogP contribution in [0.1, 0.15) is 59.3 Å². The van der Waals surface area contributed by atoms with Gasteiger partial charge in [0.1, 0.15) is 5.78 Å². The van der Waals surface area contributed by atoms with E-state index >= 15 is 0 Å². The fraction of sp³-hybridized carbons (Fsp3) is 0.767. The SMILES string of the molecule is CC(C)(C)[Si](C)(C)OC[C@@H]1[C@@H](OC2CCCCO2)CC(=O)[C@@]1(CO)CC(CCO)[Si](C)(C)c1ccccc1. The molecule has 6 nitrogen and oxygen atoms in total. The zero-order valence-corrected chi connectivity index (χ0v) is 26.8. The average molecular weight is 565 g/mol. The molecule has 1 aliphatic heterocycles. The molecule has 1 saturated carbocycles. The molecule has 1 aromatic carbocycles. The Balaban J connectivity index is 1.97. The summed E-state index contributed by atoms with van der Waals surface area (Å²) in [6, 6.07) is 10.5. The van der Waals surface area contributed by atoms with E-state index in [-0.39, 0.29) is 54.3 Å². The topological polar surface area (TPSA) is 85.2 Å². The number of hydrogen-bond acceptors (Lipinski definition) is 6. The summed E-state index contributed by atoms with van der Waals surface area (Å²) in [5.74, 6) is -0.202. The second-order valence-corrected chi connectivity index (χ2v) is 23.2. The third-order valence-electron chi connectivity index (χ3n) is 9.90. The number of carbonyl (C=O) groups excluding carboxylic acids is 1. The van der Waals surface area contributed by atoms with Gasteiger partial charge in [-0.3, -0.25) is 4.79 Å². The van der Waals surface area contributed by atoms with E-state index < -0.39 is 21.8 Å². The molecule has 2 aliphatic rings. The molecule has 0 bridgehead atoms. The van der Waals surface area contributed by atoms with E-state index in [0.29, 0.717) is 26.1 Å². The predicted molar refractivity (Wildman–Crippen MR) is 158 cm³/mol. The Morgan fingerprint density at radius 3 is 2.34 bits per heavy atom. The minimum Gasteiger partial charge on any atom is -0.416 e. The highest BCUT2D eigenvalue weighted by Gasteiger charge is 2.58. The number of Topliss-reactive ketones (excluding diaryl/α,β-unsaturated/α-hetero) is 1. The van der Waals surface area contributed by atoms with Crippen molar-refractivity contribution in [3.63, 3.8) is 0 Å². The van der Waals surface area contributed by atoms with Crippen molar-refractivity contribution in [1.82, 2.24) is 0 Å². The van der Waals surface area contributed by atoms with Gasteiger partial charge in [-0.25, -0.2) is 0 Å². The number of rotatable bonds is 12. The van der Waals surface area contributed by atoms with Gasteiger partial charge in [0.25, 0.3) is 0 Å². The number of ether oxygens (including phenoxy) is 2. The number of hydrogen-bond donors (Lipinski definition) is 2. The van der Waals surface area contributed by atoms with E-state index in [1.807, 2.05) is 6.07 Å². The lowest BCUT2D eigenvalue weighted by Gasteiger charge is -2.44. The molecule has 216 valence electrons. The maximum Gasteiger partial charge on any atom is 0.191 e. The monoisotopic (exact) mass is 564 g/mol. The molecule has 2 fully saturated rings. The van der Waals surface area contributed by atoms with Crippen LogP contribution in [0, 0.1) is 11.3 Å². The molecule has 0 aromatic heterocycles. The summed E-state index contributed by atoms with van der Waals surface area (Å²) in [6.07, 6.45) is 3.66. The van der Waals surface area contributed by atoms with Crippen molar-refractivity contribution in [3.05, 3.63) is 30.3 Å². The van der Waals surface area contributed by atoms with Crippen molar-refractivity contribution >= 4 is 27.4 Å². The molecule has 0 amide bonds. The molecule has 38 heavy (non-hydrogen) atoms. The van der Waals surface area contributed by atoms with Crippen LogP contribution in [-0.4, -0.2) is 71.2 Å². The largest absolute Gasteiger partial charge is 0.416 e. The van der Waals surface area contributed by atoms with Crippen molar-refractivity contribution in [2.45, 2.75) is 108 Å². The summed E-state index contributed by atoms with van der Waals surface area (Å²) in [5.41, 5.74) is -0.841. The Labute approximate surface area is 232 Å². The Bertz CT molecular complexity index is 894. The normalized spacial score (nSPS) is 28.0. The van der Waals surface area contributed by atoms with Crippen LogP contribution in [-0.2, 0) is 18.7 Å². The smallest absolute Gasteiger partial charge is 0.191 e. The maximum absolute atomic E-state index is 13.9. The predicted octanol–water partition coefficient (Wildman–Crippen LogP) is 5.25. The quantitative estimate of drug-likeness (QED) is 0.338. The molecule has 1 aromatic rings. The Morgan fingerprint density at radius 2 is 1.79 bits per heavy atom. The molecule has 1 aliphatic carbocycles. The van der Waals surface area contributed by atoms with Crippen molar-refractivity contribution in [2.24, 2.45) is 11.3 Å². The molecule has 2 N–H and O–H groups in total. The number of carbonyl (C=O) groups is 1. The lowest BCUT2D eigenvalue weighted by molar-refractivity contribution is -0.201.